The summed E-state index contributed by atoms with van der Waals surface area (Å²) in [5.41, 5.74) is 0.0195. The Morgan fingerprint density at radius 2 is 1.82 bits per heavy atom. The van der Waals surface area contributed by atoms with E-state index in [4.69, 9.17) is 4.42 Å². The molecule has 180 valence electrons. The molecule has 1 unspecified atom stereocenters. The van der Waals surface area contributed by atoms with Crippen LogP contribution in [0.5, 0.6) is 0 Å². The molecule has 1 aromatic carbocycles. The van der Waals surface area contributed by atoms with E-state index in [1.807, 2.05) is 20.8 Å². The number of carbonyl (C=O) groups is 4. The second kappa shape index (κ2) is 10.4. The summed E-state index contributed by atoms with van der Waals surface area (Å²) in [6.07, 6.45) is 1.76. The number of rotatable bonds is 8. The summed E-state index contributed by atoms with van der Waals surface area (Å²) >= 11 is 0. The van der Waals surface area contributed by atoms with Gasteiger partial charge >= 0.3 is 0 Å². The second-order valence-corrected chi connectivity index (χ2v) is 8.86. The predicted molar refractivity (Wildman–Crippen MR) is 121 cm³/mol. The predicted octanol–water partition coefficient (Wildman–Crippen LogP) is 2.08. The van der Waals surface area contributed by atoms with Crippen LogP contribution >= 0.6 is 0 Å². The van der Waals surface area contributed by atoms with Gasteiger partial charge in [0.25, 0.3) is 23.5 Å². The molecule has 1 aromatic heterocycles. The van der Waals surface area contributed by atoms with Crippen LogP contribution in [-0.4, -0.2) is 53.4 Å². The Morgan fingerprint density at radius 1 is 1.12 bits per heavy atom. The molecule has 0 aliphatic carbocycles. The lowest BCUT2D eigenvalue weighted by Crippen LogP contribution is -2.57. The van der Waals surface area contributed by atoms with E-state index in [2.05, 4.69) is 15.6 Å². The Labute approximate surface area is 196 Å². The Morgan fingerprint density at radius 3 is 2.44 bits per heavy atom. The quantitative estimate of drug-likeness (QED) is 0.348. The zero-order valence-electron chi connectivity index (χ0n) is 19.3. The van der Waals surface area contributed by atoms with Gasteiger partial charge in [-0.05, 0) is 36.2 Å². The monoisotopic (exact) mass is 470 g/mol. The van der Waals surface area contributed by atoms with Gasteiger partial charge in [-0.2, -0.15) is 0 Å². The van der Waals surface area contributed by atoms with Crippen molar-refractivity contribution in [2.75, 3.05) is 13.1 Å². The highest BCUT2D eigenvalue weighted by atomic mass is 19.1. The summed E-state index contributed by atoms with van der Waals surface area (Å²) in [5.74, 6) is -2.73. The first-order valence-electron chi connectivity index (χ1n) is 10.9. The number of furan rings is 1. The number of benzene rings is 1. The lowest BCUT2D eigenvalue weighted by molar-refractivity contribution is -0.146. The molecule has 0 fully saturated rings. The van der Waals surface area contributed by atoms with E-state index in [1.54, 1.807) is 6.07 Å². The van der Waals surface area contributed by atoms with Gasteiger partial charge < -0.3 is 15.1 Å². The number of amides is 3. The van der Waals surface area contributed by atoms with Gasteiger partial charge in [0.1, 0.15) is 11.7 Å². The van der Waals surface area contributed by atoms with Crippen molar-refractivity contribution in [3.8, 4) is 0 Å². The van der Waals surface area contributed by atoms with Crippen LogP contribution in [-0.2, 0) is 20.9 Å². The summed E-state index contributed by atoms with van der Waals surface area (Å²) in [6.45, 7) is 5.94. The van der Waals surface area contributed by atoms with Gasteiger partial charge in [0, 0.05) is 25.0 Å². The highest BCUT2D eigenvalue weighted by Gasteiger charge is 2.43. The van der Waals surface area contributed by atoms with Crippen molar-refractivity contribution in [2.24, 2.45) is 10.4 Å². The third kappa shape index (κ3) is 5.94. The average Bonchev–Trinajstić information content (AvgIpc) is 3.33. The molecular formula is C24H27FN4O5. The van der Waals surface area contributed by atoms with Crippen LogP contribution in [0.15, 0.2) is 52.1 Å². The molecule has 2 N–H and O–H groups in total. The highest BCUT2D eigenvalue weighted by molar-refractivity contribution is 6.46. The van der Waals surface area contributed by atoms with Crippen LogP contribution < -0.4 is 10.6 Å². The first-order valence-corrected chi connectivity index (χ1v) is 10.9. The van der Waals surface area contributed by atoms with Crippen molar-refractivity contribution >= 4 is 29.3 Å². The van der Waals surface area contributed by atoms with Crippen molar-refractivity contribution < 1.29 is 28.0 Å². The molecule has 2 heterocycles. The average molecular weight is 471 g/mol. The third-order valence-electron chi connectivity index (χ3n) is 5.10. The molecule has 0 saturated carbocycles. The van der Waals surface area contributed by atoms with Gasteiger partial charge in [-0.3, -0.25) is 24.1 Å². The molecule has 2 aromatic rings. The zero-order chi connectivity index (χ0) is 24.9. The van der Waals surface area contributed by atoms with E-state index in [1.165, 1.54) is 41.5 Å². The number of nitrogens with zero attached hydrogens (tertiary/aromatic N) is 2. The van der Waals surface area contributed by atoms with Gasteiger partial charge in [0.05, 0.1) is 6.26 Å². The molecule has 1 aliphatic rings. The normalized spacial score (nSPS) is 16.3. The lowest BCUT2D eigenvalue weighted by atomic mass is 9.91. The second-order valence-electron chi connectivity index (χ2n) is 8.86. The van der Waals surface area contributed by atoms with Gasteiger partial charge in [-0.15, -0.1) is 0 Å². The van der Waals surface area contributed by atoms with E-state index < -0.39 is 34.9 Å². The number of Topliss-reactive ketones (excluding diaryl/α,β-unsaturated/α-hetero) is 1. The number of ketones is 1. The smallest absolute Gasteiger partial charge is 0.298 e. The van der Waals surface area contributed by atoms with E-state index >= 15 is 0 Å². The maximum Gasteiger partial charge on any atom is 0.298 e. The van der Waals surface area contributed by atoms with E-state index in [-0.39, 0.29) is 31.3 Å². The summed E-state index contributed by atoms with van der Waals surface area (Å²) in [5, 5.41) is 5.27. The van der Waals surface area contributed by atoms with Crippen LogP contribution in [0.2, 0.25) is 0 Å². The zero-order valence-corrected chi connectivity index (χ0v) is 19.3. The van der Waals surface area contributed by atoms with Crippen LogP contribution in [0.3, 0.4) is 0 Å². The molecule has 3 amide bonds. The number of hydrogen-bond acceptors (Lipinski definition) is 6. The maximum atomic E-state index is 13.1. The van der Waals surface area contributed by atoms with Crippen LogP contribution in [0.4, 0.5) is 4.39 Å². The number of aliphatic imine (C=N–C) groups is 1. The van der Waals surface area contributed by atoms with Gasteiger partial charge in [0.2, 0.25) is 0 Å². The van der Waals surface area contributed by atoms with Gasteiger partial charge in [-0.1, -0.05) is 32.9 Å². The first kappa shape index (κ1) is 24.8. The molecule has 0 spiro atoms. The van der Waals surface area contributed by atoms with Crippen LogP contribution in [0, 0.1) is 11.2 Å². The van der Waals surface area contributed by atoms with Gasteiger partial charge in [0.15, 0.2) is 11.8 Å². The van der Waals surface area contributed by atoms with E-state index in [9.17, 15) is 23.6 Å². The third-order valence-corrected chi connectivity index (χ3v) is 5.10. The number of hydrogen-bond donors (Lipinski definition) is 2. The van der Waals surface area contributed by atoms with Crippen molar-refractivity contribution in [3.05, 3.63) is 59.8 Å². The minimum Gasteiger partial charge on any atom is -0.459 e. The van der Waals surface area contributed by atoms with Crippen LogP contribution in [0.1, 0.15) is 43.3 Å². The first-order chi connectivity index (χ1) is 16.1. The standard InChI is InChI=1S/C24H27FN4O5/c1-24(2,3)23-28-18(21(32)27-14-15-7-9-16(25)10-8-15)19(30)22(33)29(23)12-5-11-26-20(31)17-6-4-13-34-17/h4,6-10,13,18H,5,11-12,14H2,1-3H3,(H,26,31)(H,27,32). The molecule has 9 nitrogen and oxygen atoms in total. The number of halogens is 1. The van der Waals surface area contributed by atoms with E-state index in [0.29, 0.717) is 17.8 Å². The number of carbonyl (C=O) groups excluding carboxylic acids is 4. The molecule has 1 atom stereocenters. The fourth-order valence-electron chi connectivity index (χ4n) is 3.40. The Hall–Kier alpha value is -3.82. The molecule has 10 heteroatoms. The van der Waals surface area contributed by atoms with Gasteiger partial charge in [-0.25, -0.2) is 9.38 Å². The summed E-state index contributed by atoms with van der Waals surface area (Å²) < 4.78 is 18.1. The Kier molecular flexibility index (Phi) is 7.60. The number of amidine groups is 1. The molecule has 34 heavy (non-hydrogen) atoms. The summed E-state index contributed by atoms with van der Waals surface area (Å²) in [7, 11) is 0. The molecule has 0 radical (unpaired) electrons. The topological polar surface area (TPSA) is 121 Å². The van der Waals surface area contributed by atoms with Crippen molar-refractivity contribution in [2.45, 2.75) is 39.8 Å². The SMILES string of the molecule is CC(C)(C)C1=NC(C(=O)NCc2ccc(F)cc2)C(=O)C(=O)N1CCCNC(=O)c1ccco1. The number of nitrogens with one attached hydrogen (secondary N) is 2. The minimum absolute atomic E-state index is 0.0660. The highest BCUT2D eigenvalue weighted by Crippen LogP contribution is 2.24. The Bertz CT molecular complexity index is 1090. The summed E-state index contributed by atoms with van der Waals surface area (Å²) in [6, 6.07) is 7.21. The molecule has 0 bridgehead atoms. The summed E-state index contributed by atoms with van der Waals surface area (Å²) in [4.78, 5) is 55.9. The lowest BCUT2D eigenvalue weighted by Gasteiger charge is -2.36. The van der Waals surface area contributed by atoms with Crippen molar-refractivity contribution in [1.82, 2.24) is 15.5 Å². The van der Waals surface area contributed by atoms with E-state index in [0.717, 1.165) is 0 Å². The molecule has 3 rings (SSSR count). The fourth-order valence-corrected chi connectivity index (χ4v) is 3.40. The molecule has 1 aliphatic heterocycles. The Balaban J connectivity index is 1.66. The maximum absolute atomic E-state index is 13.1. The molecular weight excluding hydrogens is 443 g/mol. The minimum atomic E-state index is -1.49. The van der Waals surface area contributed by atoms with Crippen LogP contribution in [0.25, 0.3) is 0 Å². The fraction of sp³-hybridized carbons (Fsp3) is 0.375. The van der Waals surface area contributed by atoms with Crippen molar-refractivity contribution in [1.29, 1.82) is 0 Å². The largest absolute Gasteiger partial charge is 0.459 e. The molecule has 0 saturated heterocycles. The van der Waals surface area contributed by atoms with Crippen molar-refractivity contribution in [3.63, 3.8) is 0 Å².